The van der Waals surface area contributed by atoms with Crippen LogP contribution in [0.25, 0.3) is 10.8 Å². The third-order valence-corrected chi connectivity index (χ3v) is 6.84. The highest BCUT2D eigenvalue weighted by Crippen LogP contribution is 2.32. The second-order valence-electron chi connectivity index (χ2n) is 9.39. The van der Waals surface area contributed by atoms with Crippen LogP contribution < -0.4 is 15.8 Å². The highest BCUT2D eigenvalue weighted by Gasteiger charge is 2.30. The molecule has 35 heavy (non-hydrogen) atoms. The van der Waals surface area contributed by atoms with Gasteiger partial charge in [0.1, 0.15) is 5.82 Å². The Labute approximate surface area is 203 Å². The van der Waals surface area contributed by atoms with Crippen molar-refractivity contribution < 1.29 is 9.18 Å². The van der Waals surface area contributed by atoms with Crippen molar-refractivity contribution in [2.24, 2.45) is 5.92 Å². The number of piperazine rings is 1. The van der Waals surface area contributed by atoms with E-state index in [1.165, 1.54) is 12.1 Å². The molecule has 180 valence electrons. The lowest BCUT2D eigenvalue weighted by molar-refractivity contribution is -0.117. The molecule has 2 N–H and O–H groups in total. The minimum atomic E-state index is -0.540. The number of nitrogens with one attached hydrogen (secondary N) is 2. The van der Waals surface area contributed by atoms with Crippen LogP contribution >= 0.6 is 0 Å². The van der Waals surface area contributed by atoms with Gasteiger partial charge in [0.25, 0.3) is 5.56 Å². The maximum atomic E-state index is 14.1. The molecule has 0 atom stereocenters. The monoisotopic (exact) mass is 473 g/mol. The zero-order chi connectivity index (χ0) is 24.4. The van der Waals surface area contributed by atoms with E-state index in [0.29, 0.717) is 23.1 Å². The van der Waals surface area contributed by atoms with E-state index in [9.17, 15) is 14.0 Å². The quantitative estimate of drug-likeness (QED) is 0.547. The van der Waals surface area contributed by atoms with E-state index >= 15 is 0 Å². The zero-order valence-electron chi connectivity index (χ0n) is 19.5. The lowest BCUT2D eigenvalue weighted by Crippen LogP contribution is -2.46. The predicted molar refractivity (Wildman–Crippen MR) is 134 cm³/mol. The number of benzene rings is 2. The molecule has 2 aromatic carbocycles. The molecule has 1 aliphatic heterocycles. The van der Waals surface area contributed by atoms with Gasteiger partial charge in [-0.05, 0) is 74.7 Å². The number of hydrogen-bond acceptors (Lipinski definition) is 5. The summed E-state index contributed by atoms with van der Waals surface area (Å²) in [5, 5.41) is 12.6. The lowest BCUT2D eigenvalue weighted by atomic mass is 10.1. The summed E-state index contributed by atoms with van der Waals surface area (Å²) in [6, 6.07) is 14.2. The molecule has 1 amide bonds. The normalized spacial score (nSPS) is 16.3. The van der Waals surface area contributed by atoms with Gasteiger partial charge in [-0.25, -0.2) is 4.39 Å². The van der Waals surface area contributed by atoms with E-state index in [4.69, 9.17) is 5.26 Å². The first-order chi connectivity index (χ1) is 17.0. The van der Waals surface area contributed by atoms with Crippen molar-refractivity contribution in [3.8, 4) is 6.07 Å². The van der Waals surface area contributed by atoms with Crippen molar-refractivity contribution >= 4 is 28.1 Å². The van der Waals surface area contributed by atoms with Crippen LogP contribution in [0, 0.1) is 23.1 Å². The highest BCUT2D eigenvalue weighted by atomic mass is 19.1. The summed E-state index contributed by atoms with van der Waals surface area (Å²) in [6.45, 7) is 4.66. The maximum absolute atomic E-state index is 14.1. The molecule has 1 saturated heterocycles. The van der Waals surface area contributed by atoms with Crippen LogP contribution in [0.4, 0.5) is 15.8 Å². The van der Waals surface area contributed by atoms with Gasteiger partial charge in [0.2, 0.25) is 5.91 Å². The first kappa shape index (κ1) is 23.1. The lowest BCUT2D eigenvalue weighted by Gasteiger charge is -2.36. The van der Waals surface area contributed by atoms with Gasteiger partial charge in [-0.3, -0.25) is 14.5 Å². The molecule has 0 radical (unpaired) electrons. The van der Waals surface area contributed by atoms with Crippen LogP contribution in [-0.2, 0) is 11.2 Å². The molecule has 8 heteroatoms. The second kappa shape index (κ2) is 9.88. The third-order valence-electron chi connectivity index (χ3n) is 6.84. The Morgan fingerprint density at radius 1 is 1.09 bits per heavy atom. The van der Waals surface area contributed by atoms with E-state index in [0.717, 1.165) is 63.4 Å². The minimum absolute atomic E-state index is 0.00726. The van der Waals surface area contributed by atoms with Gasteiger partial charge >= 0.3 is 0 Å². The summed E-state index contributed by atoms with van der Waals surface area (Å²) in [4.78, 5) is 32.5. The van der Waals surface area contributed by atoms with Gasteiger partial charge in [-0.2, -0.15) is 5.26 Å². The molecule has 1 aliphatic carbocycles. The van der Waals surface area contributed by atoms with Gasteiger partial charge in [0.05, 0.1) is 22.7 Å². The topological polar surface area (TPSA) is 92.2 Å². The fourth-order valence-corrected chi connectivity index (χ4v) is 4.67. The molecule has 5 rings (SSSR count). The van der Waals surface area contributed by atoms with Crippen molar-refractivity contribution in [1.82, 2.24) is 9.88 Å². The van der Waals surface area contributed by atoms with Crippen molar-refractivity contribution in [2.75, 3.05) is 42.9 Å². The van der Waals surface area contributed by atoms with E-state index in [1.807, 2.05) is 30.3 Å². The number of nitriles is 1. The van der Waals surface area contributed by atoms with Crippen LogP contribution in [0.2, 0.25) is 0 Å². The number of amides is 1. The summed E-state index contributed by atoms with van der Waals surface area (Å²) in [6.07, 6.45) is 3.27. The number of anilines is 2. The molecule has 0 spiro atoms. The molecule has 1 saturated carbocycles. The summed E-state index contributed by atoms with van der Waals surface area (Å²) in [5.41, 5.74) is 2.62. The number of H-pyrrole nitrogens is 1. The number of pyridine rings is 1. The molecule has 2 fully saturated rings. The first-order valence-electron chi connectivity index (χ1n) is 12.1. The molecular weight excluding hydrogens is 445 g/mol. The molecule has 2 aliphatic rings. The van der Waals surface area contributed by atoms with Crippen molar-refractivity contribution in [3.05, 3.63) is 69.9 Å². The Morgan fingerprint density at radius 2 is 1.83 bits per heavy atom. The Balaban J connectivity index is 1.19. The molecule has 3 aromatic rings. The number of nitrogens with zero attached hydrogens (tertiary/aromatic N) is 3. The van der Waals surface area contributed by atoms with Crippen LogP contribution in [0.15, 0.2) is 47.3 Å². The first-order valence-corrected chi connectivity index (χ1v) is 12.1. The molecular formula is C27H28FN5O2. The molecule has 0 bridgehead atoms. The zero-order valence-corrected chi connectivity index (χ0v) is 19.5. The number of aryl methyl sites for hydroxylation is 1. The SMILES string of the molecule is N#Cc1ccc(N2CCN(CCCc3cc4c(NC(=O)C5CC5)cc(F)cc4c(=O)[nH]3)CC2)cc1. The Bertz CT molecular complexity index is 1330. The number of halogens is 1. The molecule has 1 aromatic heterocycles. The average molecular weight is 474 g/mol. The number of carbonyl (C=O) groups excluding carboxylic acids is 1. The van der Waals surface area contributed by atoms with Gasteiger partial charge in [0.15, 0.2) is 0 Å². The van der Waals surface area contributed by atoms with Gasteiger partial charge in [-0.1, -0.05) is 0 Å². The fraction of sp³-hybridized carbons (Fsp3) is 0.370. The fourth-order valence-electron chi connectivity index (χ4n) is 4.67. The second-order valence-corrected chi connectivity index (χ2v) is 9.39. The summed E-state index contributed by atoms with van der Waals surface area (Å²) >= 11 is 0. The smallest absolute Gasteiger partial charge is 0.256 e. The number of aromatic amines is 1. The molecule has 2 heterocycles. The van der Waals surface area contributed by atoms with Gasteiger partial charge < -0.3 is 15.2 Å². The largest absolute Gasteiger partial charge is 0.369 e. The molecule has 0 unspecified atom stereocenters. The van der Waals surface area contributed by atoms with Gasteiger partial charge in [-0.15, -0.1) is 0 Å². The maximum Gasteiger partial charge on any atom is 0.256 e. The summed E-state index contributed by atoms with van der Waals surface area (Å²) in [7, 11) is 0. The Hall–Kier alpha value is -3.70. The van der Waals surface area contributed by atoms with E-state index in [-0.39, 0.29) is 22.8 Å². The highest BCUT2D eigenvalue weighted by molar-refractivity contribution is 6.03. The van der Waals surface area contributed by atoms with Crippen molar-refractivity contribution in [3.63, 3.8) is 0 Å². The number of carbonyl (C=O) groups is 1. The standard InChI is InChI=1S/C27H28FN5O2/c28-20-14-24-23(25(15-20)31-26(34)19-5-6-19)16-21(30-27(24)35)2-1-9-32-10-12-33(13-11-32)22-7-3-18(17-29)4-8-22/h3-4,7-8,14-16,19H,1-2,5-6,9-13H2,(H,30,35)(H,31,34). The van der Waals surface area contributed by atoms with E-state index in [2.05, 4.69) is 26.2 Å². The molecule has 7 nitrogen and oxygen atoms in total. The van der Waals surface area contributed by atoms with E-state index in [1.54, 1.807) is 0 Å². The van der Waals surface area contributed by atoms with Crippen LogP contribution in [0.3, 0.4) is 0 Å². The number of rotatable bonds is 7. The number of hydrogen-bond donors (Lipinski definition) is 2. The van der Waals surface area contributed by atoms with Crippen molar-refractivity contribution in [1.29, 1.82) is 5.26 Å². The minimum Gasteiger partial charge on any atom is -0.369 e. The Kier molecular flexibility index (Phi) is 6.51. The Morgan fingerprint density at radius 3 is 2.51 bits per heavy atom. The van der Waals surface area contributed by atoms with Crippen LogP contribution in [0.5, 0.6) is 0 Å². The summed E-state index contributed by atoms with van der Waals surface area (Å²) in [5.74, 6) is -0.659. The van der Waals surface area contributed by atoms with Crippen LogP contribution in [-0.4, -0.2) is 48.5 Å². The number of fused-ring (bicyclic) bond motifs is 1. The third kappa shape index (κ3) is 5.36. The van der Waals surface area contributed by atoms with Gasteiger partial charge in [0, 0.05) is 48.9 Å². The van der Waals surface area contributed by atoms with Crippen LogP contribution in [0.1, 0.15) is 30.5 Å². The number of aromatic nitrogens is 1. The van der Waals surface area contributed by atoms with Crippen molar-refractivity contribution in [2.45, 2.75) is 25.7 Å². The predicted octanol–water partition coefficient (Wildman–Crippen LogP) is 3.64. The summed E-state index contributed by atoms with van der Waals surface area (Å²) < 4.78 is 14.1. The van der Waals surface area contributed by atoms with E-state index < -0.39 is 5.82 Å². The average Bonchev–Trinajstić information content (AvgIpc) is 3.71.